The molecular weight excluding hydrogens is 508 g/mol. The van der Waals surface area contributed by atoms with E-state index in [4.69, 9.17) is 65.5 Å². The molecule has 0 aliphatic rings. The molecule has 0 amide bonds. The third kappa shape index (κ3) is 10.3. The summed E-state index contributed by atoms with van der Waals surface area (Å²) in [6.07, 6.45) is 4.22. The fourth-order valence-electron chi connectivity index (χ4n) is 2.71. The van der Waals surface area contributed by atoms with Crippen LogP contribution in [0.5, 0.6) is 17.2 Å². The third-order valence-corrected chi connectivity index (χ3v) is 5.24. The predicted molar refractivity (Wildman–Crippen MR) is 137 cm³/mol. The molecular formula is C24H27Cl4NO4. The molecule has 0 N–H and O–H groups in total. The van der Waals surface area contributed by atoms with E-state index < -0.39 is 0 Å². The van der Waals surface area contributed by atoms with Crippen LogP contribution in [0.1, 0.15) is 38.7 Å². The Morgan fingerprint density at radius 1 is 0.879 bits per heavy atom. The molecule has 0 atom stereocenters. The maximum atomic E-state index is 6.27. The van der Waals surface area contributed by atoms with Crippen molar-refractivity contribution in [2.45, 2.75) is 33.1 Å². The van der Waals surface area contributed by atoms with Crippen LogP contribution in [0, 0.1) is 0 Å². The van der Waals surface area contributed by atoms with Gasteiger partial charge in [0.25, 0.3) is 0 Å². The number of unbranched alkanes of at least 4 members (excludes halogenated alkanes) is 2. The molecule has 0 aliphatic heterocycles. The van der Waals surface area contributed by atoms with E-state index in [2.05, 4.69) is 5.16 Å². The van der Waals surface area contributed by atoms with Gasteiger partial charge in [-0.15, -0.1) is 0 Å². The van der Waals surface area contributed by atoms with Crippen molar-refractivity contribution in [3.8, 4) is 17.2 Å². The van der Waals surface area contributed by atoms with Gasteiger partial charge in [-0.1, -0.05) is 51.6 Å². The first-order chi connectivity index (χ1) is 15.9. The molecule has 9 heteroatoms. The summed E-state index contributed by atoms with van der Waals surface area (Å²) in [5.41, 5.74) is 1.83. The molecule has 0 heterocycles. The van der Waals surface area contributed by atoms with Crippen LogP contribution in [0.15, 0.2) is 52.1 Å². The monoisotopic (exact) mass is 533 g/mol. The topological polar surface area (TPSA) is 49.3 Å². The van der Waals surface area contributed by atoms with Gasteiger partial charge in [0, 0.05) is 12.1 Å². The van der Waals surface area contributed by atoms with E-state index in [0.29, 0.717) is 41.4 Å². The van der Waals surface area contributed by atoms with Crippen LogP contribution in [0.2, 0.25) is 10.0 Å². The lowest BCUT2D eigenvalue weighted by Crippen LogP contribution is -2.02. The second kappa shape index (κ2) is 15.2. The molecule has 2 aromatic rings. The van der Waals surface area contributed by atoms with E-state index in [0.717, 1.165) is 36.3 Å². The van der Waals surface area contributed by atoms with Gasteiger partial charge in [-0.3, -0.25) is 0 Å². The Labute approximate surface area is 215 Å². The fourth-order valence-corrected chi connectivity index (χ4v) is 3.41. The summed E-state index contributed by atoms with van der Waals surface area (Å²) in [6.45, 7) is 5.69. The van der Waals surface area contributed by atoms with Crippen molar-refractivity contribution >= 4 is 52.1 Å². The van der Waals surface area contributed by atoms with Crippen LogP contribution in [0.25, 0.3) is 0 Å². The molecule has 0 bridgehead atoms. The summed E-state index contributed by atoms with van der Waals surface area (Å²) >= 11 is 23.6. The quantitative estimate of drug-likeness (QED) is 0.139. The van der Waals surface area contributed by atoms with Gasteiger partial charge in [0.2, 0.25) is 0 Å². The molecule has 0 spiro atoms. The first-order valence-electron chi connectivity index (χ1n) is 10.6. The highest BCUT2D eigenvalue weighted by Crippen LogP contribution is 2.37. The lowest BCUT2D eigenvalue weighted by molar-refractivity contribution is 0.159. The largest absolute Gasteiger partial charge is 0.494 e. The Morgan fingerprint density at radius 3 is 2.12 bits per heavy atom. The van der Waals surface area contributed by atoms with Gasteiger partial charge in [-0.05, 0) is 69.0 Å². The first kappa shape index (κ1) is 27.5. The van der Waals surface area contributed by atoms with Crippen LogP contribution in [0.4, 0.5) is 0 Å². The van der Waals surface area contributed by atoms with E-state index in [9.17, 15) is 0 Å². The molecule has 2 rings (SSSR count). The molecule has 0 unspecified atom stereocenters. The van der Waals surface area contributed by atoms with Crippen LogP contribution >= 0.6 is 46.4 Å². The molecule has 180 valence electrons. The molecule has 0 saturated heterocycles. The third-order valence-electron chi connectivity index (χ3n) is 4.37. The van der Waals surface area contributed by atoms with Crippen LogP contribution in [0.3, 0.4) is 0 Å². The van der Waals surface area contributed by atoms with E-state index in [1.807, 2.05) is 38.1 Å². The standard InChI is InChI=1S/C24H27Cl4NO4/c1-3-33-29-17(2)18-7-9-19(10-8-18)30-12-5-4-6-13-32-24-21(25)15-20(16-22(24)26)31-14-11-23(27)28/h7-11,15-16H,3-6,12-14H2,1-2H3. The van der Waals surface area contributed by atoms with Gasteiger partial charge in [0.15, 0.2) is 5.75 Å². The molecule has 0 aliphatic carbocycles. The molecule has 2 aromatic carbocycles. The summed E-state index contributed by atoms with van der Waals surface area (Å²) in [4.78, 5) is 5.08. The maximum Gasteiger partial charge on any atom is 0.156 e. The summed E-state index contributed by atoms with van der Waals surface area (Å²) in [5, 5.41) is 4.79. The number of rotatable bonds is 14. The number of oxime groups is 1. The van der Waals surface area contributed by atoms with E-state index in [1.54, 1.807) is 12.1 Å². The van der Waals surface area contributed by atoms with Gasteiger partial charge < -0.3 is 19.0 Å². The zero-order chi connectivity index (χ0) is 24.1. The van der Waals surface area contributed by atoms with Crippen LogP contribution in [-0.4, -0.2) is 32.1 Å². The second-order valence-electron chi connectivity index (χ2n) is 6.90. The average Bonchev–Trinajstić information content (AvgIpc) is 2.78. The predicted octanol–water partition coefficient (Wildman–Crippen LogP) is 8.08. The summed E-state index contributed by atoms with van der Waals surface area (Å²) in [5.74, 6) is 1.77. The highest BCUT2D eigenvalue weighted by Gasteiger charge is 2.10. The van der Waals surface area contributed by atoms with Gasteiger partial charge in [-0.2, -0.15) is 0 Å². The zero-order valence-corrected chi connectivity index (χ0v) is 21.6. The molecule has 0 saturated carbocycles. The first-order valence-corrected chi connectivity index (χ1v) is 12.1. The van der Waals surface area contributed by atoms with Gasteiger partial charge >= 0.3 is 0 Å². The molecule has 0 aromatic heterocycles. The minimum Gasteiger partial charge on any atom is -0.494 e. The van der Waals surface area contributed by atoms with Crippen LogP contribution in [-0.2, 0) is 4.84 Å². The fraction of sp³-hybridized carbons (Fsp3) is 0.375. The average molecular weight is 535 g/mol. The number of benzene rings is 2. The minimum atomic E-state index is 0.133. The smallest absolute Gasteiger partial charge is 0.156 e. The Bertz CT molecular complexity index is 906. The normalized spacial score (nSPS) is 11.2. The van der Waals surface area contributed by atoms with Crippen molar-refractivity contribution in [1.82, 2.24) is 0 Å². The maximum absolute atomic E-state index is 6.27. The molecule has 0 radical (unpaired) electrons. The number of hydrogen-bond acceptors (Lipinski definition) is 5. The molecule has 33 heavy (non-hydrogen) atoms. The van der Waals surface area contributed by atoms with E-state index >= 15 is 0 Å². The Balaban J connectivity index is 1.67. The van der Waals surface area contributed by atoms with Gasteiger partial charge in [0.05, 0.1) is 29.0 Å². The van der Waals surface area contributed by atoms with Gasteiger partial charge in [-0.25, -0.2) is 0 Å². The van der Waals surface area contributed by atoms with Crippen molar-refractivity contribution in [3.05, 3.63) is 62.6 Å². The summed E-state index contributed by atoms with van der Waals surface area (Å²) in [6, 6.07) is 11.1. The van der Waals surface area contributed by atoms with Crippen molar-refractivity contribution in [2.75, 3.05) is 26.4 Å². The Hall–Kier alpha value is -1.79. The summed E-state index contributed by atoms with van der Waals surface area (Å²) in [7, 11) is 0. The zero-order valence-electron chi connectivity index (χ0n) is 18.6. The van der Waals surface area contributed by atoms with E-state index in [1.165, 1.54) is 6.08 Å². The van der Waals surface area contributed by atoms with E-state index in [-0.39, 0.29) is 11.1 Å². The molecule has 5 nitrogen and oxygen atoms in total. The SMILES string of the molecule is CCON=C(C)c1ccc(OCCCCCOc2c(Cl)cc(OCC=C(Cl)Cl)cc2Cl)cc1. The van der Waals surface area contributed by atoms with Crippen molar-refractivity contribution in [3.63, 3.8) is 0 Å². The lowest BCUT2D eigenvalue weighted by atomic mass is 10.1. The highest BCUT2D eigenvalue weighted by molar-refractivity contribution is 6.55. The Kier molecular flexibility index (Phi) is 12.6. The number of hydrogen-bond donors (Lipinski definition) is 0. The number of ether oxygens (including phenoxy) is 3. The van der Waals surface area contributed by atoms with Crippen molar-refractivity contribution < 1.29 is 19.0 Å². The molecule has 0 fully saturated rings. The van der Waals surface area contributed by atoms with Crippen molar-refractivity contribution in [2.24, 2.45) is 5.16 Å². The second-order valence-corrected chi connectivity index (χ2v) is 8.72. The summed E-state index contributed by atoms with van der Waals surface area (Å²) < 4.78 is 17.2. The Morgan fingerprint density at radius 2 is 1.52 bits per heavy atom. The lowest BCUT2D eigenvalue weighted by Gasteiger charge is -2.12. The number of halogens is 4. The van der Waals surface area contributed by atoms with Crippen LogP contribution < -0.4 is 14.2 Å². The number of nitrogens with zero attached hydrogens (tertiary/aromatic N) is 1. The van der Waals surface area contributed by atoms with Crippen molar-refractivity contribution in [1.29, 1.82) is 0 Å². The highest BCUT2D eigenvalue weighted by atomic mass is 35.5. The minimum absolute atomic E-state index is 0.133. The van der Waals surface area contributed by atoms with Gasteiger partial charge in [0.1, 0.15) is 29.2 Å².